The fourth-order valence-electron chi connectivity index (χ4n) is 4.82. The average molecular weight is 456 g/mol. The van der Waals surface area contributed by atoms with Crippen molar-refractivity contribution in [3.8, 4) is 17.2 Å². The first-order chi connectivity index (χ1) is 16.6. The number of anilines is 1. The number of halogens is 1. The van der Waals surface area contributed by atoms with Crippen LogP contribution in [0.4, 0.5) is 10.1 Å². The van der Waals surface area contributed by atoms with Crippen molar-refractivity contribution in [1.29, 1.82) is 5.26 Å². The maximum Gasteiger partial charge on any atom is 0.124 e. The highest BCUT2D eigenvalue weighted by atomic mass is 19.1. The molecule has 7 heteroatoms. The van der Waals surface area contributed by atoms with Gasteiger partial charge in [0.1, 0.15) is 11.9 Å². The molecule has 0 saturated carbocycles. The van der Waals surface area contributed by atoms with Crippen LogP contribution >= 0.6 is 0 Å². The number of nitrogens with zero attached hydrogens (tertiary/aromatic N) is 4. The summed E-state index contributed by atoms with van der Waals surface area (Å²) in [5.41, 5.74) is 5.81. The predicted octanol–water partition coefficient (Wildman–Crippen LogP) is 4.20. The number of nitriles is 1. The number of benzene rings is 1. The number of ether oxygens (including phenoxy) is 1. The van der Waals surface area contributed by atoms with Crippen LogP contribution < -0.4 is 10.2 Å². The van der Waals surface area contributed by atoms with Crippen LogP contribution in [0, 0.1) is 24.1 Å². The van der Waals surface area contributed by atoms with E-state index in [2.05, 4.69) is 26.3 Å². The molecule has 0 amide bonds. The molecule has 34 heavy (non-hydrogen) atoms. The van der Waals surface area contributed by atoms with E-state index in [1.165, 1.54) is 6.07 Å². The molecule has 2 aliphatic rings. The summed E-state index contributed by atoms with van der Waals surface area (Å²) in [7, 11) is 0. The number of aromatic nitrogens is 2. The largest absolute Gasteiger partial charge is 0.373 e. The smallest absolute Gasteiger partial charge is 0.124 e. The Hall–Kier alpha value is -3.60. The quantitative estimate of drug-likeness (QED) is 0.636. The van der Waals surface area contributed by atoms with Crippen molar-refractivity contribution in [2.75, 3.05) is 31.1 Å². The first kappa shape index (κ1) is 22.2. The molecule has 1 N–H and O–H groups in total. The van der Waals surface area contributed by atoms with Gasteiger partial charge in [0, 0.05) is 61.6 Å². The highest BCUT2D eigenvalue weighted by molar-refractivity contribution is 5.87. The van der Waals surface area contributed by atoms with Gasteiger partial charge in [-0.05, 0) is 48.2 Å². The average Bonchev–Trinajstić information content (AvgIpc) is 2.86. The van der Waals surface area contributed by atoms with Crippen molar-refractivity contribution < 1.29 is 9.13 Å². The van der Waals surface area contributed by atoms with Crippen LogP contribution in [0.3, 0.4) is 0 Å². The zero-order chi connectivity index (χ0) is 23.5. The summed E-state index contributed by atoms with van der Waals surface area (Å²) >= 11 is 0. The molecule has 0 spiro atoms. The maximum absolute atomic E-state index is 14.3. The van der Waals surface area contributed by atoms with Gasteiger partial charge in [-0.1, -0.05) is 18.2 Å². The van der Waals surface area contributed by atoms with E-state index in [9.17, 15) is 9.65 Å². The molecule has 2 fully saturated rings. The third-order valence-electron chi connectivity index (χ3n) is 6.36. The van der Waals surface area contributed by atoms with Crippen molar-refractivity contribution in [1.82, 2.24) is 15.3 Å². The Morgan fingerprint density at radius 1 is 1.15 bits per heavy atom. The molecule has 0 aliphatic carbocycles. The van der Waals surface area contributed by atoms with Gasteiger partial charge in [-0.15, -0.1) is 0 Å². The summed E-state index contributed by atoms with van der Waals surface area (Å²) < 4.78 is 20.4. The minimum absolute atomic E-state index is 0.103. The number of hydrogen-bond donors (Lipinski definition) is 1. The number of fused-ring (bicyclic) bond motifs is 1. The Morgan fingerprint density at radius 3 is 2.88 bits per heavy atom. The molecule has 5 rings (SSSR count). The van der Waals surface area contributed by atoms with Crippen LogP contribution in [0.2, 0.25) is 0 Å². The van der Waals surface area contributed by atoms with Crippen LogP contribution in [0.5, 0.6) is 0 Å². The van der Waals surface area contributed by atoms with E-state index in [0.29, 0.717) is 18.2 Å². The SMILES string of the molecule is Cc1cc(F)cc(-c2cncc(C=Cc3cncc(C#N)c3)c2N2CCC3NCCOC3C2)c1. The van der Waals surface area contributed by atoms with Crippen LogP contribution in [-0.2, 0) is 4.74 Å². The molecule has 0 radical (unpaired) electrons. The lowest BCUT2D eigenvalue weighted by atomic mass is 9.95. The van der Waals surface area contributed by atoms with E-state index in [0.717, 1.165) is 59.6 Å². The number of hydrogen-bond acceptors (Lipinski definition) is 6. The number of piperidine rings is 1. The number of aryl methyl sites for hydroxylation is 1. The first-order valence-electron chi connectivity index (χ1n) is 11.5. The van der Waals surface area contributed by atoms with Crippen LogP contribution in [-0.4, -0.2) is 48.4 Å². The van der Waals surface area contributed by atoms with Crippen LogP contribution in [0.1, 0.15) is 28.7 Å². The second-order valence-electron chi connectivity index (χ2n) is 8.80. The minimum Gasteiger partial charge on any atom is -0.373 e. The summed E-state index contributed by atoms with van der Waals surface area (Å²) in [6.07, 6.45) is 11.9. The molecule has 2 saturated heterocycles. The van der Waals surface area contributed by atoms with Crippen molar-refractivity contribution in [3.63, 3.8) is 0 Å². The zero-order valence-corrected chi connectivity index (χ0v) is 19.0. The van der Waals surface area contributed by atoms with E-state index >= 15 is 0 Å². The topological polar surface area (TPSA) is 74.1 Å². The van der Waals surface area contributed by atoms with Crippen molar-refractivity contribution >= 4 is 17.8 Å². The summed E-state index contributed by atoms with van der Waals surface area (Å²) in [4.78, 5) is 11.0. The highest BCUT2D eigenvalue weighted by Crippen LogP contribution is 2.37. The van der Waals surface area contributed by atoms with Crippen molar-refractivity contribution in [2.45, 2.75) is 25.5 Å². The first-order valence-corrected chi connectivity index (χ1v) is 11.5. The standard InChI is InChI=1S/C27H26FN5O/c1-18-8-22(11-23(28)9-18)24-16-31-15-21(3-2-19-10-20(12-29)14-30-13-19)27(24)33-6-4-25-26(17-33)34-7-5-32-25/h2-3,8-11,13-16,25-26,32H,4-7,17H2,1H3. The molecule has 6 nitrogen and oxygen atoms in total. The molecule has 1 aromatic carbocycles. The Labute approximate surface area is 198 Å². The fourth-order valence-corrected chi connectivity index (χ4v) is 4.82. The normalized spacial score (nSPS) is 20.2. The lowest BCUT2D eigenvalue weighted by Crippen LogP contribution is -2.58. The molecule has 4 heterocycles. The highest BCUT2D eigenvalue weighted by Gasteiger charge is 2.33. The van der Waals surface area contributed by atoms with Crippen molar-refractivity contribution in [2.24, 2.45) is 0 Å². The van der Waals surface area contributed by atoms with E-state index in [-0.39, 0.29) is 11.9 Å². The van der Waals surface area contributed by atoms with Gasteiger partial charge in [0.15, 0.2) is 0 Å². The van der Waals surface area contributed by atoms with Gasteiger partial charge in [0.25, 0.3) is 0 Å². The third kappa shape index (κ3) is 4.69. The molecular weight excluding hydrogens is 429 g/mol. The van der Waals surface area contributed by atoms with Crippen LogP contribution in [0.25, 0.3) is 23.3 Å². The second-order valence-corrected chi connectivity index (χ2v) is 8.80. The van der Waals surface area contributed by atoms with Gasteiger partial charge >= 0.3 is 0 Å². The number of rotatable bonds is 4. The Morgan fingerprint density at radius 2 is 2.03 bits per heavy atom. The van der Waals surface area contributed by atoms with E-state index in [1.807, 2.05) is 37.5 Å². The molecule has 3 aromatic rings. The monoisotopic (exact) mass is 455 g/mol. The van der Waals surface area contributed by atoms with Gasteiger partial charge in [-0.2, -0.15) is 5.26 Å². The van der Waals surface area contributed by atoms with Gasteiger partial charge in [0.2, 0.25) is 0 Å². The molecule has 2 unspecified atom stereocenters. The summed E-state index contributed by atoms with van der Waals surface area (Å²) in [5.74, 6) is -0.264. The molecular formula is C27H26FN5O. The molecule has 2 aromatic heterocycles. The van der Waals surface area contributed by atoms with Gasteiger partial charge in [0.05, 0.1) is 24.0 Å². The molecule has 172 valence electrons. The van der Waals surface area contributed by atoms with Crippen LogP contribution in [0.15, 0.2) is 49.1 Å². The van der Waals surface area contributed by atoms with Gasteiger partial charge in [-0.25, -0.2) is 4.39 Å². The van der Waals surface area contributed by atoms with Gasteiger partial charge in [-0.3, -0.25) is 9.97 Å². The second kappa shape index (κ2) is 9.72. The molecule has 2 atom stereocenters. The fraction of sp³-hybridized carbons (Fsp3) is 0.296. The summed E-state index contributed by atoms with van der Waals surface area (Å²) in [6.45, 7) is 5.08. The van der Waals surface area contributed by atoms with E-state index in [4.69, 9.17) is 4.74 Å². The van der Waals surface area contributed by atoms with Crippen molar-refractivity contribution in [3.05, 3.63) is 77.1 Å². The summed E-state index contributed by atoms with van der Waals surface area (Å²) in [5, 5.41) is 12.8. The maximum atomic E-state index is 14.3. The van der Waals surface area contributed by atoms with E-state index in [1.54, 1.807) is 24.5 Å². The lowest BCUT2D eigenvalue weighted by Gasteiger charge is -2.43. The molecule has 2 aliphatic heterocycles. The Balaban J connectivity index is 1.58. The summed E-state index contributed by atoms with van der Waals surface area (Å²) in [6, 6.07) is 9.35. The van der Waals surface area contributed by atoms with Gasteiger partial charge < -0.3 is 15.0 Å². The number of pyridine rings is 2. The Kier molecular flexibility index (Phi) is 6.35. The number of morpholine rings is 1. The minimum atomic E-state index is -0.264. The van der Waals surface area contributed by atoms with E-state index < -0.39 is 0 Å². The zero-order valence-electron chi connectivity index (χ0n) is 19.0. The Bertz CT molecular complexity index is 1250. The third-order valence-corrected chi connectivity index (χ3v) is 6.36. The number of nitrogens with one attached hydrogen (secondary N) is 1. The lowest BCUT2D eigenvalue weighted by molar-refractivity contribution is -0.00901. The predicted molar refractivity (Wildman–Crippen MR) is 131 cm³/mol. The molecule has 0 bridgehead atoms.